The SMILES string of the molecule is CC.CC.CC.CC.CC.CC.CC.CC.CC.CC.CC.CC.CC.CC.CC.CC.CC.CC.CC.CC.CC.CC.CC.CC.CN.CN.CN.CN.CNC(=O)Nc1ccccc1.CNC(=S)Nc1ccccc1.CNS(=O)(=O)Nc1ccccc1.CNS(=O)Nc1ccccc1.Nc1ccccc1.Nc1ccccc1.Nc1ccccc1.Nc1ccccc1.O=S(=O)(Cl)Cl.O=S(Cl)Cl. The number of nitrogens with two attached hydrogens (primary N) is 8. The summed E-state index contributed by atoms with van der Waals surface area (Å²) in [5, 5.41) is 11.6. The highest BCUT2D eigenvalue weighted by Crippen LogP contribution is 2.08. The van der Waals surface area contributed by atoms with E-state index in [0.29, 0.717) is 10.8 Å². The van der Waals surface area contributed by atoms with Crippen LogP contribution in [0.4, 0.5) is 50.3 Å². The minimum absolute atomic E-state index is 0.198. The molecule has 0 radical (unpaired) electrons. The van der Waals surface area contributed by atoms with Gasteiger partial charge in [0.1, 0.15) is 0 Å². The number of anilines is 8. The number of hydrogen-bond donors (Lipinski definition) is 16. The van der Waals surface area contributed by atoms with Crippen molar-refractivity contribution in [2.24, 2.45) is 22.9 Å². The maximum absolute atomic E-state index is 10.9. The van der Waals surface area contributed by atoms with Gasteiger partial charge in [0.2, 0.25) is 9.23 Å². The number of hydrogen-bond acceptors (Lipinski definition) is 16. The normalized spacial score (nSPS) is 6.99. The number of nitrogens with one attached hydrogen (secondary N) is 8. The van der Waals surface area contributed by atoms with Gasteiger partial charge in [-0.15, -0.1) is 0 Å². The van der Waals surface area contributed by atoms with Crippen molar-refractivity contribution in [2.75, 3.05) is 99.4 Å². The van der Waals surface area contributed by atoms with E-state index in [2.05, 4.69) is 106 Å². The summed E-state index contributed by atoms with van der Waals surface area (Å²) in [4.78, 5) is 10.8. The van der Waals surface area contributed by atoms with Gasteiger partial charge in [0.25, 0.3) is 10.2 Å². The summed E-state index contributed by atoms with van der Waals surface area (Å²) in [6.07, 6.45) is 0. The number of nitrogen functional groups attached to an aromatic ring is 4. The summed E-state index contributed by atoms with van der Waals surface area (Å²) in [5.74, 6) is 0. The zero-order chi connectivity index (χ0) is 118. The highest BCUT2D eigenvalue weighted by atomic mass is 36.0. The third kappa shape index (κ3) is 307. The molecule has 8 rings (SSSR count). The molecule has 0 aliphatic rings. The summed E-state index contributed by atoms with van der Waals surface area (Å²) in [5.41, 5.74) is 45.9. The van der Waals surface area contributed by atoms with Gasteiger partial charge >= 0.3 is 14.3 Å². The molecule has 8 aromatic carbocycles. The molecule has 0 heterocycles. The van der Waals surface area contributed by atoms with Crippen molar-refractivity contribution in [3.8, 4) is 0 Å². The van der Waals surface area contributed by atoms with Gasteiger partial charge in [0.15, 0.2) is 16.3 Å². The van der Waals surface area contributed by atoms with E-state index in [4.69, 9.17) is 47.8 Å². The lowest BCUT2D eigenvalue weighted by atomic mass is 10.3. The minimum atomic E-state index is -3.72. The van der Waals surface area contributed by atoms with E-state index in [0.717, 1.165) is 39.8 Å². The zero-order valence-electron chi connectivity index (χ0n) is 99.1. The van der Waals surface area contributed by atoms with Gasteiger partial charge in [-0.2, -0.15) is 16.8 Å². The van der Waals surface area contributed by atoms with Crippen LogP contribution in [0.1, 0.15) is 332 Å². The Morgan fingerprint density at radius 2 is 0.413 bits per heavy atom. The average molecular weight is 2150 g/mol. The molecule has 0 aromatic heterocycles. The summed E-state index contributed by atoms with van der Waals surface area (Å²) >= 11 is 3.74. The molecule has 0 bridgehead atoms. The first-order chi connectivity index (χ1) is 66.9. The summed E-state index contributed by atoms with van der Waals surface area (Å²) in [6.45, 7) is 96.0. The number of benzene rings is 8. The summed E-state index contributed by atoms with van der Waals surface area (Å²) in [7, 11) is 21.2. The second-order valence-corrected chi connectivity index (χ2v) is 23.8. The first kappa shape index (κ1) is 217. The maximum Gasteiger partial charge on any atom is 0.318 e. The van der Waals surface area contributed by atoms with Crippen LogP contribution < -0.4 is 86.0 Å². The van der Waals surface area contributed by atoms with Crippen LogP contribution >= 0.6 is 54.9 Å². The van der Waals surface area contributed by atoms with E-state index < -0.39 is 38.9 Å². The fourth-order valence-electron chi connectivity index (χ4n) is 4.62. The number of para-hydroxylation sites is 8. The van der Waals surface area contributed by atoms with Crippen LogP contribution in [0.15, 0.2) is 243 Å². The van der Waals surface area contributed by atoms with Gasteiger partial charge in [0.05, 0.1) is 0 Å². The van der Waals surface area contributed by atoms with Gasteiger partial charge in [-0.05, 0) is 145 Å². The second kappa shape index (κ2) is 273. The topological polar surface area (TPSA) is 424 Å². The van der Waals surface area contributed by atoms with E-state index in [1.54, 1.807) is 45.4 Å². The quantitative estimate of drug-likeness (QED) is 0.0382. The molecule has 32 heteroatoms. The lowest BCUT2D eigenvalue weighted by molar-refractivity contribution is 0.254. The van der Waals surface area contributed by atoms with Crippen LogP contribution in [0.3, 0.4) is 0 Å². The molecule has 836 valence electrons. The molecule has 1 unspecified atom stereocenters. The Hall–Kier alpha value is -7.36. The van der Waals surface area contributed by atoms with Crippen LogP contribution in [0.5, 0.6) is 0 Å². The maximum atomic E-state index is 10.9. The highest BCUT2D eigenvalue weighted by Gasteiger charge is 2.04. The zero-order valence-corrected chi connectivity index (χ0v) is 106. The van der Waals surface area contributed by atoms with Crippen molar-refractivity contribution in [3.63, 3.8) is 0 Å². The fourth-order valence-corrected chi connectivity index (χ4v) is 5.74. The van der Waals surface area contributed by atoms with Crippen LogP contribution in [-0.4, -0.2) is 92.8 Å². The third-order valence-electron chi connectivity index (χ3n) is 8.18. The summed E-state index contributed by atoms with van der Waals surface area (Å²) in [6, 6.07) is 74.9. The van der Waals surface area contributed by atoms with Crippen LogP contribution in [-0.2, 0) is 38.9 Å². The van der Waals surface area contributed by atoms with Crippen LogP contribution in [0.2, 0.25) is 0 Å². The fraction of sp³-hybridized carbons (Fsp3) is 0.528. The van der Waals surface area contributed by atoms with Crippen molar-refractivity contribution < 1.29 is 30.0 Å². The number of urea groups is 1. The molecule has 138 heavy (non-hydrogen) atoms. The average Bonchev–Trinajstić information content (AvgIpc) is 0.894. The Balaban J connectivity index is -0.0000000319. The largest absolute Gasteiger partial charge is 0.399 e. The molecular formula is C106H232Cl4N16O7S5. The number of carbonyl (C=O) groups excluding carboxylic acids is 1. The number of amides is 2. The van der Waals surface area contributed by atoms with Gasteiger partial charge in [-0.25, -0.2) is 22.7 Å². The van der Waals surface area contributed by atoms with E-state index in [-0.39, 0.29) is 6.03 Å². The van der Waals surface area contributed by atoms with E-state index in [1.165, 1.54) is 35.2 Å². The van der Waals surface area contributed by atoms with Crippen molar-refractivity contribution >= 4 is 150 Å². The highest BCUT2D eigenvalue weighted by molar-refractivity contribution is 8.31. The van der Waals surface area contributed by atoms with Crippen LogP contribution in [0.25, 0.3) is 0 Å². The number of thiocarbonyl (C=S) groups is 1. The predicted octanol–water partition coefficient (Wildman–Crippen LogP) is 34.3. The molecule has 0 fully saturated rings. The summed E-state index contributed by atoms with van der Waals surface area (Å²) < 4.78 is 70.0. The minimum Gasteiger partial charge on any atom is -0.399 e. The molecule has 1 atom stereocenters. The van der Waals surface area contributed by atoms with Gasteiger partial charge in [0, 0.05) is 109 Å². The first-order valence-corrected chi connectivity index (χ1v) is 58.6. The Morgan fingerprint density at radius 3 is 0.543 bits per heavy atom. The van der Waals surface area contributed by atoms with Gasteiger partial charge in [-0.3, -0.25) is 9.44 Å². The number of carbonyl (C=O) groups is 1. The van der Waals surface area contributed by atoms with Crippen LogP contribution in [0, 0.1) is 0 Å². The molecular weight excluding hydrogens is 1910 g/mol. The third-order valence-corrected chi connectivity index (χ3v) is 10.3. The molecule has 0 spiro atoms. The Kier molecular flexibility index (Phi) is 429. The molecule has 0 saturated heterocycles. The van der Waals surface area contributed by atoms with Crippen molar-refractivity contribution in [1.29, 1.82) is 0 Å². The molecule has 24 N–H and O–H groups in total. The standard InChI is InChI=1S/C8H10N2O.C8H10N2S.C7H10N2O2S.C7H10N2OS.4C6H7N.24C2H6.4CH5N.Cl2O2S.Cl2OS/c2*1-9-8(11)10-7-5-3-2-4-6-7;1-8-12(10,11)9-7-5-3-2-4-6-7;1-8-11(10)9-7-5-3-2-4-6-7;4*7-6-4-2-1-3-5-6;28*1-2;1-5(2,3)4;1-4(2)3/h2*2-6H,1H3,(H2,9,10,11);2-6,8-9H,1H3;2-6,8-9H,1H3;4*1-5H,7H2;24*1-2H3;4*2H2,1H3;;. The molecule has 23 nitrogen and oxygen atoms in total. The number of halogens is 4. The Labute approximate surface area is 891 Å². The molecule has 0 aliphatic carbocycles. The molecule has 2 amide bonds. The first-order valence-electron chi connectivity index (χ1n) is 49.6. The van der Waals surface area contributed by atoms with Crippen molar-refractivity contribution in [3.05, 3.63) is 243 Å². The smallest absolute Gasteiger partial charge is 0.318 e. The molecule has 0 saturated carbocycles. The molecule has 0 aliphatic heterocycles. The second-order valence-electron chi connectivity index (χ2n) is 14.5. The Morgan fingerprint density at radius 1 is 0.268 bits per heavy atom. The Bertz CT molecular complexity index is 2860. The van der Waals surface area contributed by atoms with Crippen molar-refractivity contribution in [2.45, 2.75) is 332 Å². The van der Waals surface area contributed by atoms with Gasteiger partial charge in [-0.1, -0.05) is 478 Å². The monoisotopic (exact) mass is 2140 g/mol. The van der Waals surface area contributed by atoms with Gasteiger partial charge < -0.3 is 67.1 Å². The lowest BCUT2D eigenvalue weighted by Gasteiger charge is -2.05. The molecule has 8 aromatic rings. The number of rotatable bonds is 8. The predicted molar refractivity (Wildman–Crippen MR) is 668 cm³/mol. The van der Waals surface area contributed by atoms with E-state index in [9.17, 15) is 17.4 Å². The van der Waals surface area contributed by atoms with E-state index in [1.807, 2.05) is 551 Å². The van der Waals surface area contributed by atoms with Crippen molar-refractivity contribution in [1.82, 2.24) is 20.1 Å². The lowest BCUT2D eigenvalue weighted by Crippen LogP contribution is -2.26. The van der Waals surface area contributed by atoms with E-state index >= 15 is 0 Å².